The molecule has 0 bridgehead atoms. The topological polar surface area (TPSA) is 25.8 Å². The zero-order chi connectivity index (χ0) is 35.5. The predicted octanol–water partition coefficient (Wildman–Crippen LogP) is 13.4. The lowest BCUT2D eigenvalue weighted by molar-refractivity contribution is 0.668. The summed E-state index contributed by atoms with van der Waals surface area (Å²) in [4.78, 5) is 10.2. The zero-order valence-electron chi connectivity index (χ0n) is 29.7. The van der Waals surface area contributed by atoms with Gasteiger partial charge in [0, 0.05) is 22.1 Å². The van der Waals surface area contributed by atoms with Crippen LogP contribution in [0, 0.1) is 0 Å². The summed E-state index contributed by atoms with van der Waals surface area (Å²) in [5, 5.41) is 4.99. The molecular weight excluding hydrogens is 641 g/mol. The minimum atomic E-state index is -0.152. The number of fused-ring (bicyclic) bond motifs is 6. The van der Waals surface area contributed by atoms with Crippen LogP contribution in [0.3, 0.4) is 0 Å². The van der Waals surface area contributed by atoms with Crippen molar-refractivity contribution in [2.45, 2.75) is 19.3 Å². The Morgan fingerprint density at radius 3 is 1.64 bits per heavy atom. The van der Waals surface area contributed by atoms with Crippen LogP contribution in [0.4, 0.5) is 0 Å². The highest BCUT2D eigenvalue weighted by Gasteiger charge is 2.38. The first kappa shape index (κ1) is 31.1. The van der Waals surface area contributed by atoms with Gasteiger partial charge in [-0.05, 0) is 78.2 Å². The monoisotopic (exact) mass is 676 g/mol. The molecular formula is C51H36N2. The van der Waals surface area contributed by atoms with Crippen LogP contribution in [0.25, 0.3) is 88.8 Å². The lowest BCUT2D eigenvalue weighted by Gasteiger charge is -2.26. The van der Waals surface area contributed by atoms with Gasteiger partial charge in [-0.15, -0.1) is 0 Å². The molecule has 1 aliphatic rings. The third-order valence-corrected chi connectivity index (χ3v) is 11.0. The van der Waals surface area contributed by atoms with Crippen LogP contribution in [0.15, 0.2) is 182 Å². The molecule has 0 saturated heterocycles. The second-order valence-electron chi connectivity index (χ2n) is 14.5. The van der Waals surface area contributed by atoms with Gasteiger partial charge in [0.05, 0.1) is 11.4 Å². The van der Waals surface area contributed by atoms with Gasteiger partial charge in [-0.3, -0.25) is 0 Å². The van der Waals surface area contributed by atoms with Crippen LogP contribution in [-0.4, -0.2) is 9.97 Å². The van der Waals surface area contributed by atoms with Crippen molar-refractivity contribution >= 4 is 21.5 Å². The Kier molecular flexibility index (Phi) is 7.19. The number of hydrogen-bond donors (Lipinski definition) is 0. The SMILES string of the molecule is CC1(C)c2c(-c3cccc(-c4ccc(-c5cc(-c6ccccc6)nc(-c6ccccc6)n5)c5ccccc45)c3)cccc2-c2ccc3ccccc3c21. The van der Waals surface area contributed by atoms with E-state index in [9.17, 15) is 0 Å². The minimum absolute atomic E-state index is 0.152. The van der Waals surface area contributed by atoms with Crippen molar-refractivity contribution < 1.29 is 0 Å². The lowest BCUT2D eigenvalue weighted by atomic mass is 9.77. The maximum Gasteiger partial charge on any atom is 0.160 e. The smallest absolute Gasteiger partial charge is 0.160 e. The molecule has 250 valence electrons. The summed E-state index contributed by atoms with van der Waals surface area (Å²) in [6.45, 7) is 4.78. The minimum Gasteiger partial charge on any atom is -0.228 e. The second-order valence-corrected chi connectivity index (χ2v) is 14.5. The number of benzene rings is 8. The summed E-state index contributed by atoms with van der Waals surface area (Å²) in [6.07, 6.45) is 0. The first-order valence-corrected chi connectivity index (χ1v) is 18.3. The Morgan fingerprint density at radius 2 is 0.868 bits per heavy atom. The van der Waals surface area contributed by atoms with E-state index in [-0.39, 0.29) is 5.41 Å². The molecule has 2 nitrogen and oxygen atoms in total. The van der Waals surface area contributed by atoms with Crippen molar-refractivity contribution in [2.75, 3.05) is 0 Å². The molecule has 0 spiro atoms. The van der Waals surface area contributed by atoms with E-state index >= 15 is 0 Å². The predicted molar refractivity (Wildman–Crippen MR) is 222 cm³/mol. The first-order chi connectivity index (χ1) is 26.0. The Bertz CT molecular complexity index is 2790. The molecule has 0 radical (unpaired) electrons. The van der Waals surface area contributed by atoms with Gasteiger partial charge in [0.25, 0.3) is 0 Å². The molecule has 0 N–H and O–H groups in total. The summed E-state index contributed by atoms with van der Waals surface area (Å²) in [5.41, 5.74) is 15.2. The first-order valence-electron chi connectivity index (χ1n) is 18.3. The summed E-state index contributed by atoms with van der Waals surface area (Å²) in [6, 6.07) is 65.3. The van der Waals surface area contributed by atoms with Gasteiger partial charge in [-0.2, -0.15) is 0 Å². The van der Waals surface area contributed by atoms with Crippen LogP contribution >= 0.6 is 0 Å². The average molecular weight is 677 g/mol. The molecule has 1 heterocycles. The molecule has 0 saturated carbocycles. The van der Waals surface area contributed by atoms with E-state index < -0.39 is 0 Å². The van der Waals surface area contributed by atoms with E-state index in [4.69, 9.17) is 9.97 Å². The van der Waals surface area contributed by atoms with Crippen molar-refractivity contribution in [3.8, 4) is 67.3 Å². The highest BCUT2D eigenvalue weighted by Crippen LogP contribution is 2.54. The molecule has 53 heavy (non-hydrogen) atoms. The van der Waals surface area contributed by atoms with Crippen LogP contribution in [-0.2, 0) is 5.41 Å². The molecule has 8 aromatic carbocycles. The maximum atomic E-state index is 5.18. The molecule has 2 heteroatoms. The lowest BCUT2D eigenvalue weighted by Crippen LogP contribution is -2.16. The fraction of sp³-hybridized carbons (Fsp3) is 0.0588. The van der Waals surface area contributed by atoms with Crippen molar-refractivity contribution in [1.29, 1.82) is 0 Å². The highest BCUT2D eigenvalue weighted by atomic mass is 14.9. The summed E-state index contributed by atoms with van der Waals surface area (Å²) >= 11 is 0. The maximum absolute atomic E-state index is 5.18. The van der Waals surface area contributed by atoms with Gasteiger partial charge in [0.1, 0.15) is 0 Å². The molecule has 1 aromatic heterocycles. The van der Waals surface area contributed by atoms with Gasteiger partial charge in [-0.1, -0.05) is 184 Å². The van der Waals surface area contributed by atoms with Crippen LogP contribution in [0.2, 0.25) is 0 Å². The van der Waals surface area contributed by atoms with Gasteiger partial charge >= 0.3 is 0 Å². The molecule has 0 atom stereocenters. The van der Waals surface area contributed by atoms with Gasteiger partial charge < -0.3 is 0 Å². The van der Waals surface area contributed by atoms with Crippen LogP contribution in [0.1, 0.15) is 25.0 Å². The molecule has 0 unspecified atom stereocenters. The van der Waals surface area contributed by atoms with Gasteiger partial charge in [0.15, 0.2) is 5.82 Å². The number of rotatable bonds is 5. The largest absolute Gasteiger partial charge is 0.228 e. The van der Waals surface area contributed by atoms with Gasteiger partial charge in [0.2, 0.25) is 0 Å². The van der Waals surface area contributed by atoms with E-state index in [1.807, 2.05) is 24.3 Å². The summed E-state index contributed by atoms with van der Waals surface area (Å²) in [5.74, 6) is 0.719. The molecule has 0 aliphatic heterocycles. The molecule has 10 rings (SSSR count). The van der Waals surface area contributed by atoms with Crippen LogP contribution < -0.4 is 0 Å². The highest BCUT2D eigenvalue weighted by molar-refractivity contribution is 6.05. The Morgan fingerprint density at radius 1 is 0.340 bits per heavy atom. The van der Waals surface area contributed by atoms with Crippen molar-refractivity contribution in [2.24, 2.45) is 0 Å². The van der Waals surface area contributed by atoms with Crippen molar-refractivity contribution in [1.82, 2.24) is 9.97 Å². The van der Waals surface area contributed by atoms with E-state index in [2.05, 4.69) is 172 Å². The second kappa shape index (κ2) is 12.3. The van der Waals surface area contributed by atoms with E-state index in [0.29, 0.717) is 0 Å². The average Bonchev–Trinajstić information content (AvgIpc) is 3.47. The van der Waals surface area contributed by atoms with E-state index in [0.717, 1.165) is 39.3 Å². The normalized spacial score (nSPS) is 12.9. The fourth-order valence-electron chi connectivity index (χ4n) is 8.67. The van der Waals surface area contributed by atoms with Crippen molar-refractivity contribution in [3.05, 3.63) is 193 Å². The molecule has 0 fully saturated rings. The summed E-state index contributed by atoms with van der Waals surface area (Å²) < 4.78 is 0. The van der Waals surface area contributed by atoms with E-state index in [1.54, 1.807) is 0 Å². The quantitative estimate of drug-likeness (QED) is 0.181. The molecule has 1 aliphatic carbocycles. The van der Waals surface area contributed by atoms with Crippen molar-refractivity contribution in [3.63, 3.8) is 0 Å². The molecule has 0 amide bonds. The standard InChI is InChI=1S/C51H36N2/c1-51(2)48-39-22-10-9-15-33(39)27-28-45(48)44-26-14-25-40(49(44)51)37-21-13-20-36(31-37)38-29-30-43(42-24-12-11-23-41(38)42)47-32-46(34-16-5-3-6-17-34)52-50(53-47)35-18-7-4-8-19-35/h3-32H,1-2H3. The fourth-order valence-corrected chi connectivity index (χ4v) is 8.67. The zero-order valence-corrected chi connectivity index (χ0v) is 29.7. The Hall–Kier alpha value is -6.64. The number of hydrogen-bond acceptors (Lipinski definition) is 2. The molecule has 9 aromatic rings. The van der Waals surface area contributed by atoms with Gasteiger partial charge in [-0.25, -0.2) is 9.97 Å². The Labute approximate surface area is 310 Å². The number of aromatic nitrogens is 2. The number of nitrogens with zero attached hydrogens (tertiary/aromatic N) is 2. The Balaban J connectivity index is 1.11. The third kappa shape index (κ3) is 5.10. The third-order valence-electron chi connectivity index (χ3n) is 11.0. The van der Waals surface area contributed by atoms with E-state index in [1.165, 1.54) is 60.7 Å². The summed E-state index contributed by atoms with van der Waals surface area (Å²) in [7, 11) is 0. The van der Waals surface area contributed by atoms with Crippen LogP contribution in [0.5, 0.6) is 0 Å².